The standard InChI is InChI=1S/C15H25N3O3/c1-11-14(15(20)17-16)9-13(21-11)10-18(7-8-19)12-5-3-2-4-6-12/h9,12,19H,2-8,10,16H2,1H3,(H,17,20). The molecule has 1 amide bonds. The lowest BCUT2D eigenvalue weighted by atomic mass is 9.94. The third-order valence-corrected chi connectivity index (χ3v) is 4.18. The Hall–Kier alpha value is -1.37. The Balaban J connectivity index is 2.07. The van der Waals surface area contributed by atoms with Crippen LogP contribution in [-0.2, 0) is 6.54 Å². The summed E-state index contributed by atoms with van der Waals surface area (Å²) >= 11 is 0. The Labute approximate surface area is 125 Å². The number of hydrogen-bond acceptors (Lipinski definition) is 5. The number of carbonyl (C=O) groups is 1. The lowest BCUT2D eigenvalue weighted by Crippen LogP contribution is -2.38. The van der Waals surface area contributed by atoms with E-state index in [0.717, 1.165) is 18.6 Å². The first kappa shape index (κ1) is 16.0. The number of amides is 1. The van der Waals surface area contributed by atoms with Crippen molar-refractivity contribution in [1.29, 1.82) is 0 Å². The van der Waals surface area contributed by atoms with Gasteiger partial charge in [-0.25, -0.2) is 5.84 Å². The van der Waals surface area contributed by atoms with Crippen LogP contribution in [0, 0.1) is 6.92 Å². The van der Waals surface area contributed by atoms with Gasteiger partial charge < -0.3 is 9.52 Å². The zero-order chi connectivity index (χ0) is 15.2. The topological polar surface area (TPSA) is 91.7 Å². The van der Waals surface area contributed by atoms with Gasteiger partial charge in [0.05, 0.1) is 18.7 Å². The van der Waals surface area contributed by atoms with E-state index in [1.807, 2.05) is 0 Å². The number of hydrogen-bond donors (Lipinski definition) is 3. The van der Waals surface area contributed by atoms with Crippen molar-refractivity contribution >= 4 is 5.91 Å². The van der Waals surface area contributed by atoms with E-state index in [1.165, 1.54) is 19.3 Å². The molecule has 21 heavy (non-hydrogen) atoms. The lowest BCUT2D eigenvalue weighted by Gasteiger charge is -2.33. The molecular weight excluding hydrogens is 270 g/mol. The summed E-state index contributed by atoms with van der Waals surface area (Å²) in [5.41, 5.74) is 2.60. The van der Waals surface area contributed by atoms with E-state index in [2.05, 4.69) is 10.3 Å². The number of nitrogens with one attached hydrogen (secondary N) is 1. The van der Waals surface area contributed by atoms with Crippen LogP contribution in [0.5, 0.6) is 0 Å². The second kappa shape index (κ2) is 7.59. The molecule has 0 atom stereocenters. The highest BCUT2D eigenvalue weighted by Gasteiger charge is 2.23. The van der Waals surface area contributed by atoms with Gasteiger partial charge in [0.25, 0.3) is 5.91 Å². The van der Waals surface area contributed by atoms with Crippen LogP contribution in [0.1, 0.15) is 54.0 Å². The van der Waals surface area contributed by atoms with Gasteiger partial charge in [-0.1, -0.05) is 19.3 Å². The van der Waals surface area contributed by atoms with Gasteiger partial charge in [0, 0.05) is 12.6 Å². The number of carbonyl (C=O) groups excluding carboxylic acids is 1. The Bertz CT molecular complexity index is 467. The van der Waals surface area contributed by atoms with Crippen molar-refractivity contribution in [2.45, 2.75) is 51.6 Å². The minimum Gasteiger partial charge on any atom is -0.464 e. The molecule has 0 spiro atoms. The average Bonchev–Trinajstić information content (AvgIpc) is 2.87. The molecule has 2 rings (SSSR count). The maximum atomic E-state index is 11.6. The molecule has 6 nitrogen and oxygen atoms in total. The smallest absolute Gasteiger partial charge is 0.268 e. The molecular formula is C15H25N3O3. The van der Waals surface area contributed by atoms with Crippen molar-refractivity contribution in [1.82, 2.24) is 10.3 Å². The first-order chi connectivity index (χ1) is 10.2. The lowest BCUT2D eigenvalue weighted by molar-refractivity contribution is 0.0952. The number of furan rings is 1. The molecule has 0 aromatic carbocycles. The fourth-order valence-corrected chi connectivity index (χ4v) is 3.09. The molecule has 1 aliphatic rings. The van der Waals surface area contributed by atoms with Crippen LogP contribution in [-0.4, -0.2) is 35.1 Å². The first-order valence-corrected chi connectivity index (χ1v) is 7.61. The van der Waals surface area contributed by atoms with Crippen LogP contribution in [0.3, 0.4) is 0 Å². The molecule has 4 N–H and O–H groups in total. The Kier molecular flexibility index (Phi) is 5.78. The fourth-order valence-electron chi connectivity index (χ4n) is 3.09. The third kappa shape index (κ3) is 4.06. The zero-order valence-electron chi connectivity index (χ0n) is 12.6. The van der Waals surface area contributed by atoms with E-state index in [1.54, 1.807) is 13.0 Å². The maximum absolute atomic E-state index is 11.6. The van der Waals surface area contributed by atoms with E-state index >= 15 is 0 Å². The summed E-state index contributed by atoms with van der Waals surface area (Å²) in [5, 5.41) is 9.28. The molecule has 0 unspecified atom stereocenters. The van der Waals surface area contributed by atoms with Crippen molar-refractivity contribution in [2.75, 3.05) is 13.2 Å². The van der Waals surface area contributed by atoms with Gasteiger partial charge in [0.1, 0.15) is 11.5 Å². The van der Waals surface area contributed by atoms with Crippen LogP contribution in [0.25, 0.3) is 0 Å². The Morgan fingerprint density at radius 2 is 2.19 bits per heavy atom. The maximum Gasteiger partial charge on any atom is 0.268 e. The summed E-state index contributed by atoms with van der Waals surface area (Å²) in [6.07, 6.45) is 6.10. The van der Waals surface area contributed by atoms with Crippen molar-refractivity contribution in [3.8, 4) is 0 Å². The van der Waals surface area contributed by atoms with E-state index in [4.69, 9.17) is 10.3 Å². The number of aryl methyl sites for hydroxylation is 1. The SMILES string of the molecule is Cc1oc(CN(CCO)C2CCCCC2)cc1C(=O)NN. The average molecular weight is 295 g/mol. The molecule has 118 valence electrons. The third-order valence-electron chi connectivity index (χ3n) is 4.18. The van der Waals surface area contributed by atoms with E-state index in [-0.39, 0.29) is 12.5 Å². The van der Waals surface area contributed by atoms with E-state index in [9.17, 15) is 9.90 Å². The van der Waals surface area contributed by atoms with Crippen LogP contribution >= 0.6 is 0 Å². The van der Waals surface area contributed by atoms with Gasteiger partial charge in [0.15, 0.2) is 0 Å². The largest absolute Gasteiger partial charge is 0.464 e. The van der Waals surface area contributed by atoms with Gasteiger partial charge in [-0.3, -0.25) is 15.1 Å². The van der Waals surface area contributed by atoms with Crippen molar-refractivity contribution in [2.24, 2.45) is 5.84 Å². The summed E-state index contributed by atoms with van der Waals surface area (Å²) in [5.74, 6) is 6.14. The molecule has 1 fully saturated rings. The molecule has 0 aliphatic heterocycles. The molecule has 0 radical (unpaired) electrons. The second-order valence-corrected chi connectivity index (χ2v) is 5.64. The number of rotatable bonds is 6. The highest BCUT2D eigenvalue weighted by Crippen LogP contribution is 2.25. The minimum atomic E-state index is -0.339. The highest BCUT2D eigenvalue weighted by molar-refractivity contribution is 5.94. The van der Waals surface area contributed by atoms with E-state index < -0.39 is 0 Å². The van der Waals surface area contributed by atoms with Crippen molar-refractivity contribution in [3.63, 3.8) is 0 Å². The van der Waals surface area contributed by atoms with Gasteiger partial charge >= 0.3 is 0 Å². The Morgan fingerprint density at radius 3 is 2.81 bits per heavy atom. The number of nitrogens with zero attached hydrogens (tertiary/aromatic N) is 1. The summed E-state index contributed by atoms with van der Waals surface area (Å²) in [4.78, 5) is 13.9. The summed E-state index contributed by atoms with van der Waals surface area (Å²) in [7, 11) is 0. The summed E-state index contributed by atoms with van der Waals surface area (Å²) in [6, 6.07) is 2.23. The number of hydrazine groups is 1. The van der Waals surface area contributed by atoms with Crippen LogP contribution in [0.2, 0.25) is 0 Å². The number of aliphatic hydroxyl groups is 1. The molecule has 1 heterocycles. The fraction of sp³-hybridized carbons (Fsp3) is 0.667. The Morgan fingerprint density at radius 1 is 1.48 bits per heavy atom. The quantitative estimate of drug-likeness (QED) is 0.418. The monoisotopic (exact) mass is 295 g/mol. The second-order valence-electron chi connectivity index (χ2n) is 5.64. The van der Waals surface area contributed by atoms with E-state index in [0.29, 0.717) is 30.5 Å². The number of nitrogen functional groups attached to an aromatic ring is 1. The molecule has 0 saturated heterocycles. The summed E-state index contributed by atoms with van der Waals surface area (Å²) < 4.78 is 5.67. The van der Waals surface area contributed by atoms with Gasteiger partial charge in [-0.05, 0) is 25.8 Å². The number of nitrogens with two attached hydrogens (primary N) is 1. The molecule has 1 aromatic heterocycles. The number of aliphatic hydroxyl groups excluding tert-OH is 1. The van der Waals surface area contributed by atoms with Crippen molar-refractivity contribution < 1.29 is 14.3 Å². The van der Waals surface area contributed by atoms with Gasteiger partial charge in [0.2, 0.25) is 0 Å². The predicted octanol–water partition coefficient (Wildman–Crippen LogP) is 1.32. The molecule has 0 bridgehead atoms. The molecule has 1 aromatic rings. The van der Waals surface area contributed by atoms with Gasteiger partial charge in [-0.15, -0.1) is 0 Å². The first-order valence-electron chi connectivity index (χ1n) is 7.61. The van der Waals surface area contributed by atoms with Gasteiger partial charge in [-0.2, -0.15) is 0 Å². The van der Waals surface area contributed by atoms with Crippen LogP contribution in [0.15, 0.2) is 10.5 Å². The molecule has 6 heteroatoms. The highest BCUT2D eigenvalue weighted by atomic mass is 16.3. The van der Waals surface area contributed by atoms with Crippen LogP contribution in [0.4, 0.5) is 0 Å². The molecule has 1 aliphatic carbocycles. The normalized spacial score (nSPS) is 16.4. The summed E-state index contributed by atoms with van der Waals surface area (Å²) in [6.45, 7) is 3.13. The zero-order valence-corrected chi connectivity index (χ0v) is 12.6. The molecule has 1 saturated carbocycles. The predicted molar refractivity (Wildman–Crippen MR) is 79.5 cm³/mol. The minimum absolute atomic E-state index is 0.131. The van der Waals surface area contributed by atoms with Crippen molar-refractivity contribution in [3.05, 3.63) is 23.2 Å². The van der Waals surface area contributed by atoms with Crippen LogP contribution < -0.4 is 11.3 Å².